The minimum absolute atomic E-state index is 0.471. The van der Waals surface area contributed by atoms with E-state index in [1.807, 2.05) is 18.2 Å². The largest absolute Gasteiger partial charge is 0.508 e. The fraction of sp³-hybridized carbons (Fsp3) is 0.647. The molecule has 0 fully saturated rings. The first-order chi connectivity index (χ1) is 8.69. The molecule has 0 aliphatic carbocycles. The second kappa shape index (κ2) is 8.18. The molecule has 0 radical (unpaired) electrons. The Kier molecular flexibility index (Phi) is 6.85. The van der Waals surface area contributed by atoms with Crippen molar-refractivity contribution in [3.8, 4) is 5.75 Å². The van der Waals surface area contributed by atoms with Crippen LogP contribution in [0.15, 0.2) is 24.3 Å². The molecule has 0 heterocycles. The standard InChI is InChI=1S/C17H28O/c1-4-6-10-14(3)13-15(9-5-2)16-11-7-8-12-17(16)18/h7-8,11-12,14-15,18H,4-6,9-10,13H2,1-3H3. The van der Waals surface area contributed by atoms with Crippen LogP contribution in [0, 0.1) is 5.92 Å². The number of para-hydroxylation sites is 1. The zero-order valence-corrected chi connectivity index (χ0v) is 12.2. The van der Waals surface area contributed by atoms with Gasteiger partial charge in [0.2, 0.25) is 0 Å². The molecule has 0 amide bonds. The predicted molar refractivity (Wildman–Crippen MR) is 79.1 cm³/mol. The van der Waals surface area contributed by atoms with E-state index in [1.54, 1.807) is 0 Å². The van der Waals surface area contributed by atoms with Gasteiger partial charge in [-0.25, -0.2) is 0 Å². The minimum Gasteiger partial charge on any atom is -0.508 e. The van der Waals surface area contributed by atoms with Gasteiger partial charge in [0.1, 0.15) is 5.75 Å². The highest BCUT2D eigenvalue weighted by atomic mass is 16.3. The molecule has 1 aromatic rings. The van der Waals surface area contributed by atoms with Gasteiger partial charge in [-0.15, -0.1) is 0 Å². The Morgan fingerprint density at radius 2 is 1.78 bits per heavy atom. The van der Waals surface area contributed by atoms with Gasteiger partial charge in [0.25, 0.3) is 0 Å². The maximum atomic E-state index is 10.00. The Balaban J connectivity index is 2.68. The van der Waals surface area contributed by atoms with Gasteiger partial charge >= 0.3 is 0 Å². The summed E-state index contributed by atoms with van der Waals surface area (Å²) in [6.07, 6.45) is 7.46. The lowest BCUT2D eigenvalue weighted by Crippen LogP contribution is -2.06. The highest BCUT2D eigenvalue weighted by Gasteiger charge is 2.17. The Hall–Kier alpha value is -0.980. The molecule has 0 saturated carbocycles. The van der Waals surface area contributed by atoms with Gasteiger partial charge in [-0.2, -0.15) is 0 Å². The molecule has 2 unspecified atom stereocenters. The molecule has 1 rings (SSSR count). The van der Waals surface area contributed by atoms with Crippen LogP contribution in [0.1, 0.15) is 70.8 Å². The van der Waals surface area contributed by atoms with E-state index in [0.717, 1.165) is 11.5 Å². The van der Waals surface area contributed by atoms with E-state index in [2.05, 4.69) is 26.8 Å². The molecule has 0 aliphatic heterocycles. The van der Waals surface area contributed by atoms with Crippen molar-refractivity contribution in [1.82, 2.24) is 0 Å². The maximum Gasteiger partial charge on any atom is 0.119 e. The normalized spacial score (nSPS) is 14.4. The quantitative estimate of drug-likeness (QED) is 0.644. The average molecular weight is 248 g/mol. The Labute approximate surface area is 112 Å². The maximum absolute atomic E-state index is 10.00. The van der Waals surface area contributed by atoms with E-state index in [-0.39, 0.29) is 0 Å². The number of phenolic OH excluding ortho intramolecular Hbond substituents is 1. The Morgan fingerprint density at radius 1 is 1.06 bits per heavy atom. The Morgan fingerprint density at radius 3 is 2.39 bits per heavy atom. The van der Waals surface area contributed by atoms with Crippen LogP contribution < -0.4 is 0 Å². The predicted octanol–water partition coefficient (Wildman–Crippen LogP) is 5.49. The third-order valence-corrected chi connectivity index (χ3v) is 3.75. The molecule has 1 nitrogen and oxygen atoms in total. The SMILES string of the molecule is CCCCC(C)CC(CCC)c1ccccc1O. The van der Waals surface area contributed by atoms with E-state index < -0.39 is 0 Å². The first-order valence-corrected chi connectivity index (χ1v) is 7.46. The number of aromatic hydroxyl groups is 1. The lowest BCUT2D eigenvalue weighted by Gasteiger charge is -2.21. The molecule has 102 valence electrons. The highest BCUT2D eigenvalue weighted by molar-refractivity contribution is 5.34. The van der Waals surface area contributed by atoms with Crippen molar-refractivity contribution < 1.29 is 5.11 Å². The summed E-state index contributed by atoms with van der Waals surface area (Å²) < 4.78 is 0. The zero-order chi connectivity index (χ0) is 13.4. The molecule has 18 heavy (non-hydrogen) atoms. The zero-order valence-electron chi connectivity index (χ0n) is 12.2. The molecule has 1 aromatic carbocycles. The summed E-state index contributed by atoms with van der Waals surface area (Å²) in [5.74, 6) is 1.74. The fourth-order valence-corrected chi connectivity index (χ4v) is 2.74. The second-order valence-corrected chi connectivity index (χ2v) is 5.53. The molecule has 0 aromatic heterocycles. The topological polar surface area (TPSA) is 20.2 Å². The molecule has 2 atom stereocenters. The first kappa shape index (κ1) is 15.1. The van der Waals surface area contributed by atoms with Gasteiger partial charge in [0.05, 0.1) is 0 Å². The number of unbranched alkanes of at least 4 members (excludes halogenated alkanes) is 1. The van der Waals surface area contributed by atoms with Crippen LogP contribution in [0.2, 0.25) is 0 Å². The number of hydrogen-bond donors (Lipinski definition) is 1. The van der Waals surface area contributed by atoms with Crippen LogP contribution in [-0.4, -0.2) is 5.11 Å². The van der Waals surface area contributed by atoms with Crippen LogP contribution in [0.5, 0.6) is 5.75 Å². The summed E-state index contributed by atoms with van der Waals surface area (Å²) in [6.45, 7) is 6.82. The van der Waals surface area contributed by atoms with Crippen molar-refractivity contribution in [3.63, 3.8) is 0 Å². The van der Waals surface area contributed by atoms with Crippen molar-refractivity contribution in [2.75, 3.05) is 0 Å². The third kappa shape index (κ3) is 4.72. The first-order valence-electron chi connectivity index (χ1n) is 7.46. The van der Waals surface area contributed by atoms with Crippen molar-refractivity contribution in [1.29, 1.82) is 0 Å². The van der Waals surface area contributed by atoms with E-state index in [1.165, 1.54) is 38.5 Å². The van der Waals surface area contributed by atoms with Gasteiger partial charge < -0.3 is 5.11 Å². The summed E-state index contributed by atoms with van der Waals surface area (Å²) >= 11 is 0. The van der Waals surface area contributed by atoms with E-state index in [9.17, 15) is 5.11 Å². The summed E-state index contributed by atoms with van der Waals surface area (Å²) in [5.41, 5.74) is 1.14. The molecule has 1 N–H and O–H groups in total. The molecule has 1 heteroatoms. The van der Waals surface area contributed by atoms with Crippen LogP contribution in [0.4, 0.5) is 0 Å². The monoisotopic (exact) mass is 248 g/mol. The second-order valence-electron chi connectivity index (χ2n) is 5.53. The summed E-state index contributed by atoms with van der Waals surface area (Å²) in [6, 6.07) is 7.84. The van der Waals surface area contributed by atoms with E-state index >= 15 is 0 Å². The molecular formula is C17H28O. The van der Waals surface area contributed by atoms with Crippen LogP contribution >= 0.6 is 0 Å². The van der Waals surface area contributed by atoms with Crippen molar-refractivity contribution in [2.24, 2.45) is 5.92 Å². The van der Waals surface area contributed by atoms with Gasteiger partial charge in [0, 0.05) is 0 Å². The lowest BCUT2D eigenvalue weighted by molar-refractivity contribution is 0.396. The molecular weight excluding hydrogens is 220 g/mol. The number of hydrogen-bond acceptors (Lipinski definition) is 1. The molecule has 0 spiro atoms. The van der Waals surface area contributed by atoms with Crippen LogP contribution in [0.25, 0.3) is 0 Å². The summed E-state index contributed by atoms with van der Waals surface area (Å²) in [4.78, 5) is 0. The lowest BCUT2D eigenvalue weighted by atomic mass is 9.84. The fourth-order valence-electron chi connectivity index (χ4n) is 2.74. The van der Waals surface area contributed by atoms with Gasteiger partial charge in [0.15, 0.2) is 0 Å². The van der Waals surface area contributed by atoms with Gasteiger partial charge in [-0.1, -0.05) is 64.7 Å². The molecule has 0 saturated heterocycles. The van der Waals surface area contributed by atoms with E-state index in [4.69, 9.17) is 0 Å². The number of rotatable bonds is 8. The van der Waals surface area contributed by atoms with Crippen LogP contribution in [0.3, 0.4) is 0 Å². The minimum atomic E-state index is 0.471. The molecule has 0 bridgehead atoms. The van der Waals surface area contributed by atoms with Gasteiger partial charge in [-0.05, 0) is 36.3 Å². The summed E-state index contributed by atoms with van der Waals surface area (Å²) in [7, 11) is 0. The van der Waals surface area contributed by atoms with Crippen molar-refractivity contribution in [2.45, 2.75) is 65.2 Å². The third-order valence-electron chi connectivity index (χ3n) is 3.75. The number of phenols is 1. The average Bonchev–Trinajstić information content (AvgIpc) is 2.36. The number of benzene rings is 1. The van der Waals surface area contributed by atoms with E-state index in [0.29, 0.717) is 11.7 Å². The van der Waals surface area contributed by atoms with Crippen LogP contribution in [-0.2, 0) is 0 Å². The van der Waals surface area contributed by atoms with Crippen molar-refractivity contribution in [3.05, 3.63) is 29.8 Å². The van der Waals surface area contributed by atoms with Crippen molar-refractivity contribution >= 4 is 0 Å². The van der Waals surface area contributed by atoms with Gasteiger partial charge in [-0.3, -0.25) is 0 Å². The highest BCUT2D eigenvalue weighted by Crippen LogP contribution is 2.34. The Bertz CT molecular complexity index is 332. The summed E-state index contributed by atoms with van der Waals surface area (Å²) in [5, 5.41) is 10.00. The smallest absolute Gasteiger partial charge is 0.119 e. The molecule has 0 aliphatic rings.